The van der Waals surface area contributed by atoms with Crippen LogP contribution >= 0.6 is 27.3 Å². The van der Waals surface area contributed by atoms with Crippen LogP contribution in [-0.4, -0.2) is 7.11 Å². The molecule has 11 heavy (non-hydrogen) atoms. The van der Waals surface area contributed by atoms with Crippen LogP contribution in [0.15, 0.2) is 16.4 Å². The van der Waals surface area contributed by atoms with Crippen LogP contribution in [0.25, 0.3) is 6.08 Å². The molecule has 3 heteroatoms. The molecule has 1 aromatic heterocycles. The van der Waals surface area contributed by atoms with E-state index in [2.05, 4.69) is 27.4 Å². The first kappa shape index (κ1) is 8.97. The van der Waals surface area contributed by atoms with Crippen LogP contribution in [-0.2, 0) is 11.3 Å². The van der Waals surface area contributed by atoms with E-state index in [9.17, 15) is 0 Å². The fourth-order valence-corrected chi connectivity index (χ4v) is 2.04. The maximum Gasteiger partial charge on any atom is 0.0721 e. The van der Waals surface area contributed by atoms with Crippen molar-refractivity contribution in [2.24, 2.45) is 0 Å². The number of thiophene rings is 1. The van der Waals surface area contributed by atoms with E-state index >= 15 is 0 Å². The van der Waals surface area contributed by atoms with Gasteiger partial charge in [-0.3, -0.25) is 0 Å². The summed E-state index contributed by atoms with van der Waals surface area (Å²) in [6, 6.07) is 2.12. The van der Waals surface area contributed by atoms with E-state index in [1.165, 1.54) is 10.4 Å². The molecule has 0 bridgehead atoms. The fraction of sp³-hybridized carbons (Fsp3) is 0.250. The number of halogens is 1. The lowest BCUT2D eigenvalue weighted by molar-refractivity contribution is 0.185. The van der Waals surface area contributed by atoms with Crippen LogP contribution in [0.2, 0.25) is 0 Å². The molecule has 0 amide bonds. The summed E-state index contributed by atoms with van der Waals surface area (Å²) in [6.07, 6.45) is 2.02. The Balaban J connectivity index is 2.65. The molecule has 1 heterocycles. The second kappa shape index (κ2) is 4.70. The first-order chi connectivity index (χ1) is 5.36. The Kier molecular flexibility index (Phi) is 3.83. The van der Waals surface area contributed by atoms with E-state index in [0.29, 0.717) is 6.61 Å². The van der Waals surface area contributed by atoms with Crippen LogP contribution < -0.4 is 0 Å². The maximum absolute atomic E-state index is 4.99. The molecule has 0 aliphatic rings. The first-order valence-corrected chi connectivity index (χ1v) is 4.99. The average molecular weight is 233 g/mol. The van der Waals surface area contributed by atoms with Gasteiger partial charge in [-0.15, -0.1) is 11.3 Å². The van der Waals surface area contributed by atoms with Crippen molar-refractivity contribution in [2.45, 2.75) is 6.61 Å². The first-order valence-electron chi connectivity index (χ1n) is 3.20. The Labute approximate surface area is 78.8 Å². The van der Waals surface area contributed by atoms with Crippen molar-refractivity contribution in [3.05, 3.63) is 26.9 Å². The summed E-state index contributed by atoms with van der Waals surface area (Å²) in [6.45, 7) is 0.701. The highest BCUT2D eigenvalue weighted by molar-refractivity contribution is 9.11. The van der Waals surface area contributed by atoms with E-state index in [0.717, 1.165) is 0 Å². The van der Waals surface area contributed by atoms with Crippen LogP contribution in [0.4, 0.5) is 0 Å². The van der Waals surface area contributed by atoms with Crippen molar-refractivity contribution >= 4 is 33.3 Å². The molecule has 0 aliphatic heterocycles. The zero-order chi connectivity index (χ0) is 8.10. The summed E-state index contributed by atoms with van der Waals surface area (Å²) in [4.78, 5) is 3.10. The minimum atomic E-state index is 0.701. The highest BCUT2D eigenvalue weighted by atomic mass is 79.9. The molecule has 0 radical (unpaired) electrons. The summed E-state index contributed by atoms with van der Waals surface area (Å²) in [5.74, 6) is 0. The lowest BCUT2D eigenvalue weighted by Crippen LogP contribution is -1.81. The molecule has 0 aliphatic carbocycles. The lowest BCUT2D eigenvalue weighted by atomic mass is 10.3. The zero-order valence-corrected chi connectivity index (χ0v) is 8.61. The minimum Gasteiger partial charge on any atom is -0.380 e. The number of hydrogen-bond donors (Lipinski definition) is 0. The summed E-state index contributed by atoms with van der Waals surface area (Å²) < 4.78 is 4.99. The number of ether oxygens (including phenoxy) is 1. The van der Waals surface area contributed by atoms with Crippen molar-refractivity contribution < 1.29 is 4.74 Å². The Morgan fingerprint density at radius 2 is 2.55 bits per heavy atom. The van der Waals surface area contributed by atoms with E-state index in [1.54, 1.807) is 18.4 Å². The molecule has 0 saturated carbocycles. The smallest absolute Gasteiger partial charge is 0.0721 e. The summed E-state index contributed by atoms with van der Waals surface area (Å²) in [5.41, 5.74) is 1.23. The molecule has 1 rings (SSSR count). The molecule has 0 atom stereocenters. The Morgan fingerprint density at radius 3 is 3.18 bits per heavy atom. The molecule has 0 N–H and O–H groups in total. The number of rotatable bonds is 3. The molecule has 60 valence electrons. The van der Waals surface area contributed by atoms with Crippen LogP contribution in [0, 0.1) is 0 Å². The van der Waals surface area contributed by atoms with Crippen LogP contribution in [0.5, 0.6) is 0 Å². The average Bonchev–Trinajstić information content (AvgIpc) is 2.38. The molecule has 0 spiro atoms. The molecule has 0 saturated heterocycles. The van der Waals surface area contributed by atoms with Gasteiger partial charge in [0.05, 0.1) is 6.61 Å². The topological polar surface area (TPSA) is 9.23 Å². The van der Waals surface area contributed by atoms with Gasteiger partial charge in [-0.1, -0.05) is 15.9 Å². The predicted molar refractivity (Wildman–Crippen MR) is 53.0 cm³/mol. The monoisotopic (exact) mass is 232 g/mol. The van der Waals surface area contributed by atoms with Crippen molar-refractivity contribution in [3.8, 4) is 0 Å². The third-order valence-corrected chi connectivity index (χ3v) is 2.42. The molecule has 0 fully saturated rings. The van der Waals surface area contributed by atoms with Crippen molar-refractivity contribution in [2.75, 3.05) is 7.11 Å². The number of methoxy groups -OCH3 is 1. The van der Waals surface area contributed by atoms with Gasteiger partial charge >= 0.3 is 0 Å². The van der Waals surface area contributed by atoms with Gasteiger partial charge in [-0.05, 0) is 28.1 Å². The van der Waals surface area contributed by atoms with E-state index in [4.69, 9.17) is 4.74 Å². The number of hydrogen-bond acceptors (Lipinski definition) is 2. The summed E-state index contributed by atoms with van der Waals surface area (Å²) in [7, 11) is 1.71. The van der Waals surface area contributed by atoms with Gasteiger partial charge in [0.1, 0.15) is 0 Å². The fourth-order valence-electron chi connectivity index (χ4n) is 0.786. The van der Waals surface area contributed by atoms with Crippen LogP contribution in [0.3, 0.4) is 0 Å². The Bertz CT molecular complexity index is 242. The lowest BCUT2D eigenvalue weighted by Gasteiger charge is -1.90. The minimum absolute atomic E-state index is 0.701. The summed E-state index contributed by atoms with van der Waals surface area (Å²) >= 11 is 4.95. The second-order valence-corrected chi connectivity index (χ2v) is 3.55. The molecule has 1 aromatic rings. The molecule has 1 nitrogen and oxygen atoms in total. The van der Waals surface area contributed by atoms with Gasteiger partial charge in [0.25, 0.3) is 0 Å². The van der Waals surface area contributed by atoms with Gasteiger partial charge < -0.3 is 4.74 Å². The van der Waals surface area contributed by atoms with E-state index in [-0.39, 0.29) is 0 Å². The Hall–Kier alpha value is -0.120. The molecular formula is C8H9BrOS. The molecule has 0 aromatic carbocycles. The largest absolute Gasteiger partial charge is 0.380 e. The van der Waals surface area contributed by atoms with Gasteiger partial charge in [-0.25, -0.2) is 0 Å². The van der Waals surface area contributed by atoms with Crippen molar-refractivity contribution in [3.63, 3.8) is 0 Å². The highest BCUT2D eigenvalue weighted by Crippen LogP contribution is 2.17. The van der Waals surface area contributed by atoms with E-state index < -0.39 is 0 Å². The third kappa shape index (κ3) is 2.77. The van der Waals surface area contributed by atoms with Crippen LogP contribution in [0.1, 0.15) is 10.4 Å². The standard InChI is InChI=1S/C8H9BrOS/c1-10-5-7-4-8(2-3-9)11-6-7/h2-4,6H,5H2,1H3/b3-2+. The van der Waals surface area contributed by atoms with Crippen molar-refractivity contribution in [1.82, 2.24) is 0 Å². The third-order valence-electron chi connectivity index (χ3n) is 1.21. The maximum atomic E-state index is 4.99. The van der Waals surface area contributed by atoms with Gasteiger partial charge in [-0.2, -0.15) is 0 Å². The highest BCUT2D eigenvalue weighted by Gasteiger charge is 1.94. The molecular weight excluding hydrogens is 224 g/mol. The normalized spacial score (nSPS) is 11.1. The van der Waals surface area contributed by atoms with Gasteiger partial charge in [0.2, 0.25) is 0 Å². The summed E-state index contributed by atoms with van der Waals surface area (Å²) in [5, 5.41) is 2.10. The quantitative estimate of drug-likeness (QED) is 0.778. The van der Waals surface area contributed by atoms with E-state index in [1.807, 2.05) is 11.1 Å². The zero-order valence-electron chi connectivity index (χ0n) is 6.21. The SMILES string of the molecule is COCc1csc(/C=C/Br)c1. The van der Waals surface area contributed by atoms with Gasteiger partial charge in [0.15, 0.2) is 0 Å². The Morgan fingerprint density at radius 1 is 1.73 bits per heavy atom. The van der Waals surface area contributed by atoms with Gasteiger partial charge in [0, 0.05) is 12.0 Å². The van der Waals surface area contributed by atoms with Crippen molar-refractivity contribution in [1.29, 1.82) is 0 Å². The molecule has 0 unspecified atom stereocenters. The predicted octanol–water partition coefficient (Wildman–Crippen LogP) is 3.26. The second-order valence-electron chi connectivity index (χ2n) is 2.08.